The van der Waals surface area contributed by atoms with Gasteiger partial charge in [0.05, 0.1) is 12.5 Å². The lowest BCUT2D eigenvalue weighted by molar-refractivity contribution is -0.140. The van der Waals surface area contributed by atoms with Crippen LogP contribution in [0.15, 0.2) is 75.0 Å². The minimum Gasteiger partial charge on any atom is -0.467 e. The molecule has 1 fully saturated rings. The Hall–Kier alpha value is -4.14. The summed E-state index contributed by atoms with van der Waals surface area (Å²) < 4.78 is 11.0. The summed E-state index contributed by atoms with van der Waals surface area (Å²) in [4.78, 5) is 40.6. The number of aryl methyl sites for hydroxylation is 1. The average molecular weight is 458 g/mol. The molecule has 2 aromatic heterocycles. The number of carbonyl (C=O) groups excluding carboxylic acids is 3. The van der Waals surface area contributed by atoms with Crippen LogP contribution in [0.1, 0.15) is 41.5 Å². The van der Waals surface area contributed by atoms with Gasteiger partial charge in [0.1, 0.15) is 35.4 Å². The number of urea groups is 1. The summed E-state index contributed by atoms with van der Waals surface area (Å²) in [5, 5.41) is 8.63. The van der Waals surface area contributed by atoms with Crippen LogP contribution in [-0.2, 0) is 22.4 Å². The van der Waals surface area contributed by atoms with Gasteiger partial charge >= 0.3 is 6.03 Å². The van der Waals surface area contributed by atoms with Crippen molar-refractivity contribution in [1.82, 2.24) is 15.2 Å². The lowest BCUT2D eigenvalue weighted by Gasteiger charge is -2.32. The van der Waals surface area contributed by atoms with E-state index in [-0.39, 0.29) is 5.91 Å². The number of rotatable bonds is 4. The molecule has 0 bridgehead atoms. The predicted octanol–water partition coefficient (Wildman–Crippen LogP) is 3.03. The van der Waals surface area contributed by atoms with Crippen LogP contribution in [0.4, 0.5) is 4.79 Å². The van der Waals surface area contributed by atoms with Crippen LogP contribution in [0.5, 0.6) is 0 Å². The van der Waals surface area contributed by atoms with E-state index in [2.05, 4.69) is 10.4 Å². The standard InChI is InChI=1S/C25H22N4O5/c30-22(29-19(21-8-4-12-34-21)13-18(27-29)20-7-3-11-33-20)15-28-23(31)25(26-24(28)32)10-9-16-5-1-2-6-17(16)14-25/h1-8,11-12,19H,9-10,13-15H2,(H,26,32). The van der Waals surface area contributed by atoms with Gasteiger partial charge in [0, 0.05) is 12.8 Å². The van der Waals surface area contributed by atoms with Crippen molar-refractivity contribution in [3.63, 3.8) is 0 Å². The number of fused-ring (bicyclic) bond motifs is 1. The maximum atomic E-state index is 13.4. The third-order valence-electron chi connectivity index (χ3n) is 6.81. The summed E-state index contributed by atoms with van der Waals surface area (Å²) in [7, 11) is 0. The van der Waals surface area contributed by atoms with E-state index in [1.54, 1.807) is 30.5 Å². The van der Waals surface area contributed by atoms with Crippen molar-refractivity contribution in [2.24, 2.45) is 5.10 Å². The minimum absolute atomic E-state index is 0.371. The molecule has 9 nitrogen and oxygen atoms in total. The Morgan fingerprint density at radius 1 is 1.06 bits per heavy atom. The molecule has 2 unspecified atom stereocenters. The molecule has 4 heterocycles. The molecular formula is C25H22N4O5. The Balaban J connectivity index is 1.24. The number of hydrogen-bond acceptors (Lipinski definition) is 6. The van der Waals surface area contributed by atoms with Crippen molar-refractivity contribution in [1.29, 1.82) is 0 Å². The first-order chi connectivity index (χ1) is 16.5. The van der Waals surface area contributed by atoms with Gasteiger partial charge in [0.15, 0.2) is 0 Å². The van der Waals surface area contributed by atoms with Gasteiger partial charge in [-0.3, -0.25) is 14.5 Å². The third-order valence-corrected chi connectivity index (χ3v) is 6.81. The summed E-state index contributed by atoms with van der Waals surface area (Å²) in [5.74, 6) is 0.280. The zero-order chi connectivity index (χ0) is 23.3. The second-order valence-electron chi connectivity index (χ2n) is 8.85. The summed E-state index contributed by atoms with van der Waals surface area (Å²) in [6.07, 6.45) is 5.07. The Kier molecular flexibility index (Phi) is 4.65. The molecule has 3 aliphatic rings. The molecule has 4 amide bonds. The molecule has 6 rings (SSSR count). The molecule has 2 aliphatic heterocycles. The first kappa shape index (κ1) is 20.5. The predicted molar refractivity (Wildman–Crippen MR) is 120 cm³/mol. The number of furan rings is 2. The summed E-state index contributed by atoms with van der Waals surface area (Å²) in [6, 6.07) is 13.9. The van der Waals surface area contributed by atoms with Crippen molar-refractivity contribution in [3.05, 3.63) is 83.7 Å². The van der Waals surface area contributed by atoms with Crippen molar-refractivity contribution in [2.45, 2.75) is 37.3 Å². The molecule has 1 saturated heterocycles. The van der Waals surface area contributed by atoms with Gasteiger partial charge in [-0.05, 0) is 48.2 Å². The second kappa shape index (κ2) is 7.72. The molecule has 34 heavy (non-hydrogen) atoms. The zero-order valence-electron chi connectivity index (χ0n) is 18.3. The van der Waals surface area contributed by atoms with Crippen molar-refractivity contribution >= 4 is 23.6 Å². The molecule has 1 aromatic carbocycles. The molecule has 9 heteroatoms. The fourth-order valence-corrected chi connectivity index (χ4v) is 5.09. The van der Waals surface area contributed by atoms with E-state index in [1.165, 1.54) is 16.8 Å². The highest BCUT2D eigenvalue weighted by Gasteiger charge is 2.53. The topological polar surface area (TPSA) is 108 Å². The van der Waals surface area contributed by atoms with Crippen LogP contribution in [0.3, 0.4) is 0 Å². The quantitative estimate of drug-likeness (QED) is 0.605. The smallest absolute Gasteiger partial charge is 0.325 e. The fourth-order valence-electron chi connectivity index (χ4n) is 5.09. The number of nitrogens with one attached hydrogen (secondary N) is 1. The molecule has 1 N–H and O–H groups in total. The number of imide groups is 1. The molecule has 172 valence electrons. The largest absolute Gasteiger partial charge is 0.467 e. The van der Waals surface area contributed by atoms with Crippen LogP contribution in [0, 0.1) is 0 Å². The van der Waals surface area contributed by atoms with Crippen LogP contribution < -0.4 is 5.32 Å². The van der Waals surface area contributed by atoms with Crippen molar-refractivity contribution < 1.29 is 23.2 Å². The number of hydrogen-bond donors (Lipinski definition) is 1. The van der Waals surface area contributed by atoms with Gasteiger partial charge in [-0.15, -0.1) is 0 Å². The zero-order valence-corrected chi connectivity index (χ0v) is 18.3. The van der Waals surface area contributed by atoms with Crippen LogP contribution in [0.2, 0.25) is 0 Å². The number of amides is 4. The Bertz CT molecular complexity index is 1300. The maximum absolute atomic E-state index is 13.4. The lowest BCUT2D eigenvalue weighted by Crippen LogP contribution is -2.51. The Morgan fingerprint density at radius 3 is 2.62 bits per heavy atom. The highest BCUT2D eigenvalue weighted by molar-refractivity contribution is 6.09. The number of benzene rings is 1. The number of hydrazone groups is 1. The van der Waals surface area contributed by atoms with E-state index >= 15 is 0 Å². The molecule has 1 aliphatic carbocycles. The molecule has 2 atom stereocenters. The number of nitrogens with zero attached hydrogens (tertiary/aromatic N) is 3. The van der Waals surface area contributed by atoms with Gasteiger partial charge in [-0.2, -0.15) is 5.10 Å². The molecular weight excluding hydrogens is 436 g/mol. The molecule has 0 radical (unpaired) electrons. The van der Waals surface area contributed by atoms with Gasteiger partial charge in [-0.25, -0.2) is 9.80 Å². The molecule has 1 spiro atoms. The maximum Gasteiger partial charge on any atom is 0.325 e. The van der Waals surface area contributed by atoms with E-state index in [0.717, 1.165) is 10.5 Å². The summed E-state index contributed by atoms with van der Waals surface area (Å²) in [6.45, 7) is -0.403. The van der Waals surface area contributed by atoms with Crippen LogP contribution in [0.25, 0.3) is 0 Å². The van der Waals surface area contributed by atoms with E-state index in [1.807, 2.05) is 24.3 Å². The van der Waals surface area contributed by atoms with Gasteiger partial charge < -0.3 is 14.2 Å². The minimum atomic E-state index is -1.01. The highest BCUT2D eigenvalue weighted by Crippen LogP contribution is 2.36. The third kappa shape index (κ3) is 3.23. The van der Waals surface area contributed by atoms with Crippen molar-refractivity contribution in [2.75, 3.05) is 6.54 Å². The van der Waals surface area contributed by atoms with E-state index in [4.69, 9.17) is 8.83 Å². The Morgan fingerprint density at radius 2 is 1.85 bits per heavy atom. The van der Waals surface area contributed by atoms with Crippen LogP contribution >= 0.6 is 0 Å². The van der Waals surface area contributed by atoms with Gasteiger partial charge in [0.25, 0.3) is 11.8 Å². The lowest BCUT2D eigenvalue weighted by atomic mass is 9.78. The monoisotopic (exact) mass is 458 g/mol. The number of carbonyl (C=O) groups is 3. The highest BCUT2D eigenvalue weighted by atomic mass is 16.3. The van der Waals surface area contributed by atoms with Crippen molar-refractivity contribution in [3.8, 4) is 0 Å². The van der Waals surface area contributed by atoms with E-state index < -0.39 is 30.1 Å². The van der Waals surface area contributed by atoms with E-state index in [9.17, 15) is 14.4 Å². The SMILES string of the molecule is O=C1NC2(CCc3ccccc3C2)C(=O)N1CC(=O)N1N=C(c2ccco2)CC1c1ccco1. The second-order valence-corrected chi connectivity index (χ2v) is 8.85. The molecule has 3 aromatic rings. The normalized spacial score (nSPS) is 23.9. The first-order valence-corrected chi connectivity index (χ1v) is 11.2. The average Bonchev–Trinajstić information content (AvgIpc) is 3.64. The summed E-state index contributed by atoms with van der Waals surface area (Å²) >= 11 is 0. The first-order valence-electron chi connectivity index (χ1n) is 11.2. The Labute approximate surface area is 195 Å². The van der Waals surface area contributed by atoms with Crippen LogP contribution in [-0.4, -0.2) is 45.5 Å². The summed E-state index contributed by atoms with van der Waals surface area (Å²) in [5.41, 5.74) is 1.81. The fraction of sp³-hybridized carbons (Fsp3) is 0.280. The molecule has 0 saturated carbocycles. The van der Waals surface area contributed by atoms with Gasteiger partial charge in [0.2, 0.25) is 0 Å². The van der Waals surface area contributed by atoms with Gasteiger partial charge in [-0.1, -0.05) is 24.3 Å². The van der Waals surface area contributed by atoms with E-state index in [0.29, 0.717) is 42.9 Å².